The van der Waals surface area contributed by atoms with Gasteiger partial charge in [0.1, 0.15) is 0 Å². The lowest BCUT2D eigenvalue weighted by molar-refractivity contribution is -0.958. The Labute approximate surface area is 128 Å². The van der Waals surface area contributed by atoms with Crippen LogP contribution in [0.1, 0.15) is 32.1 Å². The minimum atomic E-state index is 0.331. The molecule has 0 unspecified atom stereocenters. The van der Waals surface area contributed by atoms with Gasteiger partial charge in [-0.05, 0) is 19.3 Å². The molecule has 0 atom stereocenters. The Kier molecular flexibility index (Phi) is 5.49. The van der Waals surface area contributed by atoms with Gasteiger partial charge in [-0.15, -0.1) is 0 Å². The average Bonchev–Trinajstić information content (AvgIpc) is 2.57. The molecule has 0 spiro atoms. The van der Waals surface area contributed by atoms with Crippen molar-refractivity contribution >= 4 is 5.91 Å². The third kappa shape index (κ3) is 4.18. The van der Waals surface area contributed by atoms with E-state index in [2.05, 4.69) is 0 Å². The zero-order valence-electron chi connectivity index (χ0n) is 13.2. The van der Waals surface area contributed by atoms with Crippen molar-refractivity contribution in [2.75, 3.05) is 59.0 Å². The molecule has 120 valence electrons. The van der Waals surface area contributed by atoms with E-state index in [9.17, 15) is 4.79 Å². The quantitative estimate of drug-likeness (QED) is 0.630. The van der Waals surface area contributed by atoms with Crippen LogP contribution >= 0.6 is 0 Å². The van der Waals surface area contributed by atoms with Crippen molar-refractivity contribution in [3.8, 4) is 0 Å². The summed E-state index contributed by atoms with van der Waals surface area (Å²) in [5, 5.41) is 0. The summed E-state index contributed by atoms with van der Waals surface area (Å²) in [6.45, 7) is 8.82. The van der Waals surface area contributed by atoms with Crippen LogP contribution in [0.5, 0.6) is 0 Å². The number of morpholine rings is 1. The van der Waals surface area contributed by atoms with Crippen LogP contribution in [0.4, 0.5) is 0 Å². The second-order valence-corrected chi connectivity index (χ2v) is 6.91. The molecule has 0 bridgehead atoms. The minimum Gasteiger partial charge on any atom is -0.378 e. The summed E-state index contributed by atoms with van der Waals surface area (Å²) in [7, 11) is 0. The number of piperidine rings is 2. The standard InChI is InChI=1S/C16H29N3O2/c20-16(19-10-12-21-13-11-19)14-17-8-4-15(5-9-17)18-6-2-1-3-7-18/h15H,1-14H2/p+2. The van der Waals surface area contributed by atoms with Gasteiger partial charge < -0.3 is 19.4 Å². The van der Waals surface area contributed by atoms with E-state index in [4.69, 9.17) is 4.74 Å². The number of rotatable bonds is 3. The first-order valence-electron chi connectivity index (χ1n) is 8.86. The van der Waals surface area contributed by atoms with Crippen LogP contribution in [0.2, 0.25) is 0 Å². The number of ether oxygens (including phenoxy) is 1. The maximum absolute atomic E-state index is 12.3. The summed E-state index contributed by atoms with van der Waals surface area (Å²) in [6.07, 6.45) is 6.87. The van der Waals surface area contributed by atoms with Crippen LogP contribution in [0.3, 0.4) is 0 Å². The molecule has 0 radical (unpaired) electrons. The molecule has 0 aliphatic carbocycles. The van der Waals surface area contributed by atoms with Gasteiger partial charge in [0.25, 0.3) is 5.91 Å². The topological polar surface area (TPSA) is 38.4 Å². The van der Waals surface area contributed by atoms with Gasteiger partial charge in [0, 0.05) is 25.9 Å². The number of carbonyl (C=O) groups excluding carboxylic acids is 1. The van der Waals surface area contributed by atoms with E-state index in [1.165, 1.54) is 63.2 Å². The normalized spacial score (nSPS) is 32.1. The highest BCUT2D eigenvalue weighted by molar-refractivity contribution is 5.77. The Hall–Kier alpha value is -0.650. The molecule has 3 aliphatic rings. The number of nitrogens with one attached hydrogen (secondary N) is 2. The van der Waals surface area contributed by atoms with Gasteiger partial charge in [-0.3, -0.25) is 4.79 Å². The number of quaternary nitrogens is 2. The molecule has 0 saturated carbocycles. The molecule has 3 fully saturated rings. The van der Waals surface area contributed by atoms with E-state index in [1.807, 2.05) is 9.80 Å². The van der Waals surface area contributed by atoms with Gasteiger partial charge in [-0.1, -0.05) is 0 Å². The molecule has 3 aliphatic heterocycles. The van der Waals surface area contributed by atoms with Crippen LogP contribution < -0.4 is 9.80 Å². The van der Waals surface area contributed by atoms with Crippen molar-refractivity contribution in [2.24, 2.45) is 0 Å². The molecule has 5 heteroatoms. The Bertz CT molecular complexity index is 330. The molecule has 21 heavy (non-hydrogen) atoms. The van der Waals surface area contributed by atoms with Gasteiger partial charge >= 0.3 is 0 Å². The highest BCUT2D eigenvalue weighted by Gasteiger charge is 2.32. The number of likely N-dealkylation sites (tertiary alicyclic amines) is 2. The molecular formula is C16H31N3O2+2. The molecule has 2 N–H and O–H groups in total. The highest BCUT2D eigenvalue weighted by atomic mass is 16.5. The van der Waals surface area contributed by atoms with E-state index in [0.717, 1.165) is 19.1 Å². The van der Waals surface area contributed by atoms with E-state index in [-0.39, 0.29) is 0 Å². The summed E-state index contributed by atoms with van der Waals surface area (Å²) in [5.41, 5.74) is 0. The van der Waals surface area contributed by atoms with E-state index in [0.29, 0.717) is 25.7 Å². The fourth-order valence-corrected chi connectivity index (χ4v) is 4.16. The number of amides is 1. The number of hydrogen-bond donors (Lipinski definition) is 2. The largest absolute Gasteiger partial charge is 0.378 e. The van der Waals surface area contributed by atoms with Crippen molar-refractivity contribution in [1.29, 1.82) is 0 Å². The van der Waals surface area contributed by atoms with Gasteiger partial charge in [0.2, 0.25) is 0 Å². The first-order valence-corrected chi connectivity index (χ1v) is 8.86. The fourth-order valence-electron chi connectivity index (χ4n) is 4.16. The van der Waals surface area contributed by atoms with Crippen LogP contribution in [0.25, 0.3) is 0 Å². The van der Waals surface area contributed by atoms with E-state index >= 15 is 0 Å². The van der Waals surface area contributed by atoms with Crippen molar-refractivity contribution in [2.45, 2.75) is 38.1 Å². The van der Waals surface area contributed by atoms with Gasteiger partial charge in [-0.25, -0.2) is 0 Å². The molecule has 0 aromatic carbocycles. The fraction of sp³-hybridized carbons (Fsp3) is 0.938. The summed E-state index contributed by atoms with van der Waals surface area (Å²) in [5.74, 6) is 0.331. The first-order chi connectivity index (χ1) is 10.3. The lowest BCUT2D eigenvalue weighted by atomic mass is 10.00. The summed E-state index contributed by atoms with van der Waals surface area (Å²) in [6, 6.07) is 0.868. The molecular weight excluding hydrogens is 266 g/mol. The highest BCUT2D eigenvalue weighted by Crippen LogP contribution is 2.02. The van der Waals surface area contributed by atoms with Crippen LogP contribution in [-0.2, 0) is 9.53 Å². The third-order valence-corrected chi connectivity index (χ3v) is 5.53. The molecule has 3 rings (SSSR count). The maximum atomic E-state index is 12.3. The summed E-state index contributed by atoms with van der Waals surface area (Å²) < 4.78 is 5.32. The first kappa shape index (κ1) is 15.3. The zero-order valence-corrected chi connectivity index (χ0v) is 13.2. The lowest BCUT2D eigenvalue weighted by Crippen LogP contribution is -3.21. The minimum absolute atomic E-state index is 0.331. The van der Waals surface area contributed by atoms with Crippen LogP contribution in [-0.4, -0.2) is 75.9 Å². The molecule has 3 saturated heterocycles. The second-order valence-electron chi connectivity index (χ2n) is 6.91. The predicted molar refractivity (Wildman–Crippen MR) is 80.5 cm³/mol. The summed E-state index contributed by atoms with van der Waals surface area (Å²) >= 11 is 0. The van der Waals surface area contributed by atoms with Crippen molar-refractivity contribution in [3.63, 3.8) is 0 Å². The maximum Gasteiger partial charge on any atom is 0.277 e. The zero-order chi connectivity index (χ0) is 14.5. The van der Waals surface area contributed by atoms with Crippen molar-refractivity contribution in [1.82, 2.24) is 4.90 Å². The molecule has 3 heterocycles. The Balaban J connectivity index is 1.39. The Morgan fingerprint density at radius 1 is 1.00 bits per heavy atom. The number of hydrogen-bond acceptors (Lipinski definition) is 2. The average molecular weight is 297 g/mol. The smallest absolute Gasteiger partial charge is 0.277 e. The molecule has 0 aromatic heterocycles. The number of carbonyl (C=O) groups is 1. The van der Waals surface area contributed by atoms with Gasteiger partial charge in [-0.2, -0.15) is 0 Å². The Morgan fingerprint density at radius 2 is 1.67 bits per heavy atom. The van der Waals surface area contributed by atoms with Crippen molar-refractivity contribution in [3.05, 3.63) is 0 Å². The lowest BCUT2D eigenvalue weighted by Gasteiger charge is -2.36. The monoisotopic (exact) mass is 297 g/mol. The molecule has 5 nitrogen and oxygen atoms in total. The van der Waals surface area contributed by atoms with Gasteiger partial charge in [0.05, 0.1) is 45.4 Å². The van der Waals surface area contributed by atoms with Crippen molar-refractivity contribution < 1.29 is 19.3 Å². The van der Waals surface area contributed by atoms with Crippen LogP contribution in [0.15, 0.2) is 0 Å². The predicted octanol–water partition coefficient (Wildman–Crippen LogP) is -2.04. The third-order valence-electron chi connectivity index (χ3n) is 5.53. The van der Waals surface area contributed by atoms with E-state index in [1.54, 1.807) is 0 Å². The SMILES string of the molecule is O=C(C[NH+]1CCC([NH+]2CCCCC2)CC1)N1CCOCC1. The van der Waals surface area contributed by atoms with Gasteiger partial charge in [0.15, 0.2) is 6.54 Å². The number of nitrogens with zero attached hydrogens (tertiary/aromatic N) is 1. The molecule has 0 aromatic rings. The second kappa shape index (κ2) is 7.56. The Morgan fingerprint density at radius 3 is 2.33 bits per heavy atom. The molecule has 1 amide bonds. The summed E-state index contributed by atoms with van der Waals surface area (Å²) in [4.78, 5) is 17.6. The van der Waals surface area contributed by atoms with Crippen LogP contribution in [0, 0.1) is 0 Å². The van der Waals surface area contributed by atoms with E-state index < -0.39 is 0 Å².